The Morgan fingerprint density at radius 2 is 1.89 bits per heavy atom. The normalized spacial score (nSPS) is 48.6. The number of halogens is 1. The van der Waals surface area contributed by atoms with Gasteiger partial charge < -0.3 is 14.7 Å². The van der Waals surface area contributed by atoms with E-state index in [0.717, 1.165) is 38.8 Å². The number of carbonyl (C=O) groups is 3. The molecule has 2 amide bonds. The molecule has 2 saturated heterocycles. The average Bonchev–Trinajstić information content (AvgIpc) is 3.55. The summed E-state index contributed by atoms with van der Waals surface area (Å²) in [4.78, 5) is 42.0. The summed E-state index contributed by atoms with van der Waals surface area (Å²) in [6.07, 6.45) is 6.54. The molecule has 3 aliphatic carbocycles. The molecule has 3 saturated carbocycles. The minimum Gasteiger partial charge on any atom is -0.445 e. The van der Waals surface area contributed by atoms with Crippen LogP contribution in [0.5, 0.6) is 0 Å². The lowest BCUT2D eigenvalue weighted by atomic mass is 9.44. The molecule has 208 valence electrons. The second-order valence-electron chi connectivity index (χ2n) is 13.2. The van der Waals surface area contributed by atoms with Gasteiger partial charge in [0, 0.05) is 36.3 Å². The van der Waals surface area contributed by atoms with E-state index in [0.29, 0.717) is 25.3 Å². The molecule has 0 aromatic heterocycles. The molecule has 0 spiro atoms. The van der Waals surface area contributed by atoms with Crippen LogP contribution in [0, 0.1) is 45.8 Å². The molecule has 11 atom stereocenters. The van der Waals surface area contributed by atoms with Gasteiger partial charge in [0.1, 0.15) is 11.9 Å². The van der Waals surface area contributed by atoms with Gasteiger partial charge in [-0.25, -0.2) is 4.79 Å². The van der Waals surface area contributed by atoms with Gasteiger partial charge in [-0.15, -0.1) is 12.4 Å². The van der Waals surface area contributed by atoms with Crippen LogP contribution < -0.4 is 5.32 Å². The van der Waals surface area contributed by atoms with Crippen LogP contribution in [-0.2, 0) is 14.3 Å². The number of aliphatic hydroxyl groups excluding tert-OH is 1. The van der Waals surface area contributed by atoms with Crippen LogP contribution in [0.25, 0.3) is 0 Å². The minimum absolute atomic E-state index is 0. The molecule has 2 aliphatic heterocycles. The smallest absolute Gasteiger partial charge is 0.414 e. The molecule has 0 radical (unpaired) electrons. The van der Waals surface area contributed by atoms with Gasteiger partial charge in [0.25, 0.3) is 0 Å². The first-order chi connectivity index (χ1) is 17.0. The maximum absolute atomic E-state index is 13.5. The van der Waals surface area contributed by atoms with Crippen LogP contribution in [0.15, 0.2) is 12.2 Å². The summed E-state index contributed by atoms with van der Waals surface area (Å²) < 4.78 is 6.19. The number of nitrogens with one attached hydrogen (secondary N) is 1. The highest BCUT2D eigenvalue weighted by atomic mass is 35.5. The van der Waals surface area contributed by atoms with Crippen molar-refractivity contribution in [2.24, 2.45) is 45.8 Å². The zero-order chi connectivity index (χ0) is 26.0. The van der Waals surface area contributed by atoms with E-state index >= 15 is 0 Å². The van der Waals surface area contributed by atoms with Crippen molar-refractivity contribution in [1.82, 2.24) is 10.2 Å². The molecule has 8 heteroatoms. The maximum atomic E-state index is 13.5. The number of hydrogen-bond acceptors (Lipinski definition) is 6. The van der Waals surface area contributed by atoms with Gasteiger partial charge in [-0.2, -0.15) is 0 Å². The number of fused-ring (bicyclic) bond motifs is 2. The summed E-state index contributed by atoms with van der Waals surface area (Å²) >= 11 is 0. The summed E-state index contributed by atoms with van der Waals surface area (Å²) in [6.45, 7) is 13.1. The zero-order valence-electron chi connectivity index (χ0n) is 23.0. The van der Waals surface area contributed by atoms with Crippen molar-refractivity contribution in [2.75, 3.05) is 19.6 Å². The SMILES string of the molecule is C/C=C\[C@]1(C)C[C@@H](OC(=O)NC(=O)[C@H]2CN3CC[C@@H]2C3)[C@@]2(C)[C@@H]3C(=O)CC[C@@]3(CC[C@@H]2C)[C@@H](C)[C@@H]1O.Cl. The third-order valence-electron chi connectivity index (χ3n) is 11.5. The number of hydrogen-bond donors (Lipinski definition) is 2. The Morgan fingerprint density at radius 1 is 1.16 bits per heavy atom. The second kappa shape index (κ2) is 9.95. The van der Waals surface area contributed by atoms with Crippen molar-refractivity contribution in [3.63, 3.8) is 0 Å². The number of amides is 2. The van der Waals surface area contributed by atoms with Crippen molar-refractivity contribution < 1.29 is 24.2 Å². The molecule has 0 aromatic carbocycles. The van der Waals surface area contributed by atoms with Crippen molar-refractivity contribution in [1.29, 1.82) is 0 Å². The largest absolute Gasteiger partial charge is 0.445 e. The molecule has 5 rings (SSSR count). The maximum Gasteiger partial charge on any atom is 0.414 e. The first-order valence-electron chi connectivity index (χ1n) is 14.0. The Bertz CT molecular complexity index is 972. The van der Waals surface area contributed by atoms with Crippen molar-refractivity contribution in [3.05, 3.63) is 12.2 Å². The molecule has 2 N–H and O–H groups in total. The fraction of sp³-hybridized carbons (Fsp3) is 0.828. The standard InChI is InChI=1S/C29H44N2O5.ClH/c1-6-10-27(4)14-22(36-26(35)30-25(34)20-16-31-13-9-19(20)15-31)28(5)17(2)7-11-29(18(3)24(27)33)12-8-21(32)23(28)29;/h6,10,17-20,22-24,33H,7-9,11-16H2,1-5H3,(H,30,34,35);1H/b10-6-;/t17-,18-,19+,20-,22+,23-,24-,27+,28-,29-;/m0./s1. The number of ketones is 1. The van der Waals surface area contributed by atoms with Crippen LogP contribution in [0.2, 0.25) is 0 Å². The van der Waals surface area contributed by atoms with Crippen LogP contribution in [0.4, 0.5) is 4.79 Å². The van der Waals surface area contributed by atoms with E-state index in [-0.39, 0.29) is 53.2 Å². The number of imide groups is 1. The van der Waals surface area contributed by atoms with Crippen LogP contribution in [0.1, 0.15) is 73.1 Å². The highest BCUT2D eigenvalue weighted by Gasteiger charge is 2.68. The Hall–Kier alpha value is -1.44. The number of aliphatic hydroxyl groups is 1. The molecule has 4 bridgehead atoms. The van der Waals surface area contributed by atoms with Gasteiger partial charge in [0.2, 0.25) is 5.91 Å². The first-order valence-corrected chi connectivity index (χ1v) is 14.0. The number of Topliss-reactive ketones (excluding diaryl/α,β-unsaturated/α-hetero) is 1. The summed E-state index contributed by atoms with van der Waals surface area (Å²) in [7, 11) is 0. The quantitative estimate of drug-likeness (QED) is 0.520. The van der Waals surface area contributed by atoms with Crippen LogP contribution >= 0.6 is 12.4 Å². The fourth-order valence-corrected chi connectivity index (χ4v) is 9.28. The monoisotopic (exact) mass is 536 g/mol. The Kier molecular flexibility index (Phi) is 7.68. The topological polar surface area (TPSA) is 95.9 Å². The number of ether oxygens (including phenoxy) is 1. The predicted octanol–water partition coefficient (Wildman–Crippen LogP) is 4.37. The van der Waals surface area contributed by atoms with Crippen molar-refractivity contribution >= 4 is 30.2 Å². The molecule has 5 fully saturated rings. The van der Waals surface area contributed by atoms with Gasteiger partial charge in [-0.1, -0.05) is 39.8 Å². The van der Waals surface area contributed by atoms with E-state index < -0.39 is 29.1 Å². The molecule has 1 unspecified atom stereocenters. The number of allylic oxidation sites excluding steroid dienone is 1. The number of carbonyl (C=O) groups excluding carboxylic acids is 3. The van der Waals surface area contributed by atoms with Gasteiger partial charge in [0.05, 0.1) is 12.0 Å². The third-order valence-corrected chi connectivity index (χ3v) is 11.5. The van der Waals surface area contributed by atoms with E-state index in [1.165, 1.54) is 0 Å². The molecule has 2 heterocycles. The van der Waals surface area contributed by atoms with Gasteiger partial charge in [0.15, 0.2) is 0 Å². The van der Waals surface area contributed by atoms with E-state index in [4.69, 9.17) is 4.74 Å². The lowest BCUT2D eigenvalue weighted by Crippen LogP contribution is -2.63. The summed E-state index contributed by atoms with van der Waals surface area (Å²) in [5.41, 5.74) is -1.49. The number of rotatable bonds is 3. The fourth-order valence-electron chi connectivity index (χ4n) is 9.28. The van der Waals surface area contributed by atoms with E-state index in [9.17, 15) is 19.5 Å². The molecule has 5 aliphatic rings. The van der Waals surface area contributed by atoms with Crippen molar-refractivity contribution in [3.8, 4) is 0 Å². The lowest BCUT2D eigenvalue weighted by Gasteiger charge is -2.61. The highest BCUT2D eigenvalue weighted by Crippen LogP contribution is 2.68. The highest BCUT2D eigenvalue weighted by molar-refractivity contribution is 5.93. The summed E-state index contributed by atoms with van der Waals surface area (Å²) in [6, 6.07) is 0. The number of nitrogens with zero attached hydrogens (tertiary/aromatic N) is 1. The summed E-state index contributed by atoms with van der Waals surface area (Å²) in [5.74, 6) is -0.0300. The molecule has 0 aromatic rings. The van der Waals surface area contributed by atoms with E-state index in [1.807, 2.05) is 26.0 Å². The molecular formula is C29H45ClN2O5. The molecular weight excluding hydrogens is 492 g/mol. The van der Waals surface area contributed by atoms with Crippen LogP contribution in [0.3, 0.4) is 0 Å². The first kappa shape index (κ1) is 28.6. The zero-order valence-corrected chi connectivity index (χ0v) is 23.8. The van der Waals surface area contributed by atoms with Crippen molar-refractivity contribution in [2.45, 2.75) is 85.4 Å². The number of piperidine rings is 1. The van der Waals surface area contributed by atoms with Crippen LogP contribution in [-0.4, -0.2) is 59.6 Å². The predicted molar refractivity (Wildman–Crippen MR) is 143 cm³/mol. The van der Waals surface area contributed by atoms with Gasteiger partial charge in [-0.3, -0.25) is 14.9 Å². The lowest BCUT2D eigenvalue weighted by molar-refractivity contribution is -0.191. The second-order valence-corrected chi connectivity index (χ2v) is 13.2. The van der Waals surface area contributed by atoms with E-state index in [1.54, 1.807) is 0 Å². The van der Waals surface area contributed by atoms with Gasteiger partial charge >= 0.3 is 6.09 Å². The summed E-state index contributed by atoms with van der Waals surface area (Å²) in [5, 5.41) is 14.3. The Morgan fingerprint density at radius 3 is 2.51 bits per heavy atom. The average molecular weight is 537 g/mol. The Labute approximate surface area is 227 Å². The number of alkyl carbamates (subject to hydrolysis) is 1. The van der Waals surface area contributed by atoms with E-state index in [2.05, 4.69) is 31.0 Å². The van der Waals surface area contributed by atoms with Gasteiger partial charge in [-0.05, 0) is 68.7 Å². The molecule has 37 heavy (non-hydrogen) atoms. The minimum atomic E-state index is -0.719. The molecule has 7 nitrogen and oxygen atoms in total. The third kappa shape index (κ3) is 4.28. The Balaban J connectivity index is 0.00000320.